The Kier molecular flexibility index (Phi) is 20.7. The molecule has 0 saturated heterocycles. The molecule has 0 aliphatic carbocycles. The average Bonchev–Trinajstić information content (AvgIpc) is 2.96. The van der Waals surface area contributed by atoms with Gasteiger partial charge < -0.3 is 65.0 Å². The molecule has 0 aliphatic rings. The van der Waals surface area contributed by atoms with Gasteiger partial charge in [0.25, 0.3) is 0 Å². The van der Waals surface area contributed by atoms with Gasteiger partial charge in [0.2, 0.25) is 23.6 Å². The zero-order chi connectivity index (χ0) is 33.2. The number of alkyl halides is 1. The Morgan fingerprint density at radius 3 is 1.98 bits per heavy atom. The summed E-state index contributed by atoms with van der Waals surface area (Å²) in [6.45, 7) is 2.01. The van der Waals surface area contributed by atoms with E-state index >= 15 is 0 Å². The number of primary amides is 1. The van der Waals surface area contributed by atoms with Gasteiger partial charge >= 0.3 is 28.3 Å². The fourth-order valence-corrected chi connectivity index (χ4v) is 3.02. The number of ketones is 1. The van der Waals surface area contributed by atoms with E-state index in [1.165, 1.54) is 20.8 Å². The van der Waals surface area contributed by atoms with Crippen LogP contribution in [0.4, 0.5) is 4.39 Å². The van der Waals surface area contributed by atoms with E-state index in [1.54, 1.807) is 0 Å². The molecule has 5 unspecified atom stereocenters. The molecular formula is C22H33FN7O10STc+. The maximum atomic E-state index is 12.8. The van der Waals surface area contributed by atoms with Crippen molar-refractivity contribution in [2.24, 2.45) is 17.4 Å². The first-order valence-corrected chi connectivity index (χ1v) is 13.2. The molecule has 7 N–H and O–H groups in total. The average molecular weight is 705 g/mol. The summed E-state index contributed by atoms with van der Waals surface area (Å²) in [7, 11) is 1.04. The molecule has 0 aromatic heterocycles. The predicted octanol–water partition coefficient (Wildman–Crippen LogP) is -3.37. The van der Waals surface area contributed by atoms with Crippen molar-refractivity contribution in [3.8, 4) is 0 Å². The van der Waals surface area contributed by atoms with Crippen molar-refractivity contribution in [2.75, 3.05) is 26.1 Å². The molecule has 0 aliphatic heterocycles. The summed E-state index contributed by atoms with van der Waals surface area (Å²) in [6, 6.07) is -7.34. The number of esters is 1. The van der Waals surface area contributed by atoms with Crippen LogP contribution in [-0.2, 0) is 78.1 Å². The first-order valence-electron chi connectivity index (χ1n) is 11.9. The van der Waals surface area contributed by atoms with Gasteiger partial charge in [0.15, 0.2) is 5.78 Å². The Morgan fingerprint density at radius 2 is 1.52 bits per heavy atom. The number of Topliss-reactive ketones (excluding diaryl/α,β-unsaturated/α-hetero) is 1. The van der Waals surface area contributed by atoms with Crippen LogP contribution in [0.2, 0.25) is 0 Å². The molecule has 17 nitrogen and oxygen atoms in total. The normalized spacial score (nSPS) is 13.9. The number of nitrogens with zero attached hydrogens (tertiary/aromatic N) is 2. The van der Waals surface area contributed by atoms with Crippen molar-refractivity contribution >= 4 is 59.8 Å². The topological polar surface area (TPSA) is 279 Å². The molecule has 0 spiro atoms. The van der Waals surface area contributed by atoms with Crippen molar-refractivity contribution in [3.63, 3.8) is 0 Å². The standard InChI is InChI=1S/C22H36FN7O9S.O.Tc/c1-9(2)17(22(38)27-10(3)19(35)29-11(13(31)6-23)5-15(33)39-4)30-21(37)16(24)20(36)26-7-14(32)28-12(8-40)18(25)34;;/h9-12,16-17H,5-8,24H2,1-4H3,(H8,25,26,27,28,29,30,32,34,35,36,37,38,40);;/q;;+4/p-3. The van der Waals surface area contributed by atoms with Gasteiger partial charge in [0, 0.05) is 5.91 Å². The Labute approximate surface area is 256 Å². The number of carbonyl (C=O) groups excluding carboxylic acids is 8. The molecular weight excluding hydrogens is 671 g/mol. The first-order chi connectivity index (χ1) is 19.6. The Morgan fingerprint density at radius 1 is 0.952 bits per heavy atom. The van der Waals surface area contributed by atoms with Gasteiger partial charge in [-0.3, -0.25) is 28.8 Å². The van der Waals surface area contributed by atoms with Crippen LogP contribution in [-0.4, -0.2) is 103 Å². The van der Waals surface area contributed by atoms with Gasteiger partial charge in [-0.2, -0.15) is 5.75 Å². The van der Waals surface area contributed by atoms with Crippen LogP contribution in [0, 0.1) is 5.92 Å². The maximum absolute atomic E-state index is 12.8. The van der Waals surface area contributed by atoms with Crippen LogP contribution in [0.1, 0.15) is 27.2 Å². The third-order valence-corrected chi connectivity index (χ3v) is 5.45. The third kappa shape index (κ3) is 15.0. The molecule has 0 aromatic carbocycles. The SMILES string of the molecule is COC(=O)CC(NC(=O)C(C)NC(=O)C(NC(=O)C(N)C(=O)[N-]CC(=O)[N-]C(C[S-])C(N)=O)C(C)C)C(=O)CF.[O]=[Tc+4]. The molecule has 0 radical (unpaired) electrons. The van der Waals surface area contributed by atoms with E-state index in [2.05, 4.69) is 43.9 Å². The van der Waals surface area contributed by atoms with Gasteiger partial charge in [0.1, 0.15) is 30.8 Å². The summed E-state index contributed by atoms with van der Waals surface area (Å²) in [5, 5.41) is 13.4. The fourth-order valence-electron chi connectivity index (χ4n) is 2.79. The number of ether oxygens (including phenoxy) is 1. The van der Waals surface area contributed by atoms with Crippen LogP contribution in [0.25, 0.3) is 10.6 Å². The van der Waals surface area contributed by atoms with Crippen LogP contribution in [0.15, 0.2) is 0 Å². The molecule has 235 valence electrons. The molecule has 20 heteroatoms. The van der Waals surface area contributed by atoms with E-state index in [0.717, 1.165) is 26.0 Å². The number of amides is 6. The van der Waals surface area contributed by atoms with Gasteiger partial charge in [-0.1, -0.05) is 26.4 Å². The van der Waals surface area contributed by atoms with E-state index in [-0.39, 0.29) is 5.75 Å². The molecule has 0 bridgehead atoms. The minimum absolute atomic E-state index is 0.264. The van der Waals surface area contributed by atoms with E-state index in [9.17, 15) is 42.7 Å². The molecule has 5 atom stereocenters. The monoisotopic (exact) mass is 703 g/mol. The van der Waals surface area contributed by atoms with E-state index < -0.39 is 103 Å². The molecule has 0 heterocycles. The second kappa shape index (κ2) is 21.4. The number of hydrogen-bond donors (Lipinski definition) is 5. The summed E-state index contributed by atoms with van der Waals surface area (Å²) < 4.78 is 25.5. The summed E-state index contributed by atoms with van der Waals surface area (Å²) in [6.07, 6.45) is -0.632. The molecule has 0 saturated carbocycles. The zero-order valence-corrected chi connectivity index (χ0v) is 25.8. The number of nitrogens with one attached hydrogen (secondary N) is 3. The summed E-state index contributed by atoms with van der Waals surface area (Å²) >= 11 is 5.54. The van der Waals surface area contributed by atoms with Crippen molar-refractivity contribution in [3.05, 3.63) is 10.6 Å². The van der Waals surface area contributed by atoms with E-state index in [0.29, 0.717) is 0 Å². The van der Waals surface area contributed by atoms with Gasteiger partial charge in [-0.05, 0) is 12.8 Å². The quantitative estimate of drug-likeness (QED) is 0.0564. The van der Waals surface area contributed by atoms with Crippen molar-refractivity contribution < 1.29 is 69.8 Å². The number of hydrogen-bond acceptors (Lipinski definition) is 12. The van der Waals surface area contributed by atoms with Crippen LogP contribution < -0.4 is 27.4 Å². The molecule has 0 fully saturated rings. The summed E-state index contributed by atoms with van der Waals surface area (Å²) in [4.78, 5) is 95.9. The van der Waals surface area contributed by atoms with Crippen molar-refractivity contribution in [1.29, 1.82) is 0 Å². The predicted molar refractivity (Wildman–Crippen MR) is 139 cm³/mol. The number of carbonyl (C=O) groups is 8. The Hall–Kier alpha value is -3.35. The van der Waals surface area contributed by atoms with Crippen molar-refractivity contribution in [1.82, 2.24) is 16.0 Å². The van der Waals surface area contributed by atoms with E-state index in [1.807, 2.05) is 0 Å². The Balaban J connectivity index is 0. The summed E-state index contributed by atoms with van der Waals surface area (Å²) in [5.41, 5.74) is 10.6. The van der Waals surface area contributed by atoms with Gasteiger partial charge in [-0.25, -0.2) is 4.39 Å². The number of nitrogens with two attached hydrogens (primary N) is 2. The van der Waals surface area contributed by atoms with Crippen molar-refractivity contribution in [2.45, 2.75) is 57.4 Å². The molecule has 0 rings (SSSR count). The fraction of sp³-hybridized carbons (Fsp3) is 0.636. The molecule has 6 amide bonds. The summed E-state index contributed by atoms with van der Waals surface area (Å²) in [5.74, 6) is -8.91. The van der Waals surface area contributed by atoms with Crippen LogP contribution in [0.5, 0.6) is 0 Å². The van der Waals surface area contributed by atoms with Crippen LogP contribution in [0.3, 0.4) is 0 Å². The molecule has 42 heavy (non-hydrogen) atoms. The van der Waals surface area contributed by atoms with E-state index in [4.69, 9.17) is 15.0 Å². The number of halogens is 1. The van der Waals surface area contributed by atoms with Gasteiger partial charge in [0.05, 0.1) is 19.4 Å². The van der Waals surface area contributed by atoms with Gasteiger partial charge in [-0.15, -0.1) is 0 Å². The zero-order valence-electron chi connectivity index (χ0n) is 23.1. The second-order valence-electron chi connectivity index (χ2n) is 8.64. The first kappa shape index (κ1) is 40.8. The minimum atomic E-state index is -1.92. The number of methoxy groups -OCH3 is 1. The second-order valence-corrected chi connectivity index (χ2v) is 8.98. The molecule has 0 aromatic rings. The van der Waals surface area contributed by atoms with Crippen LogP contribution >= 0.6 is 0 Å². The number of rotatable bonds is 17. The Bertz CT molecular complexity index is 1010. The third-order valence-electron chi connectivity index (χ3n) is 5.14.